The maximum Gasteiger partial charge on any atom is 0.230 e. The number of anilines is 1. The van der Waals surface area contributed by atoms with Crippen LogP contribution in [0, 0.1) is 5.82 Å². The van der Waals surface area contributed by atoms with Crippen molar-refractivity contribution >= 4 is 17.5 Å². The zero-order chi connectivity index (χ0) is 16.1. The van der Waals surface area contributed by atoms with Gasteiger partial charge in [-0.1, -0.05) is 19.4 Å². The van der Waals surface area contributed by atoms with Crippen LogP contribution in [0.4, 0.5) is 10.1 Å². The molecule has 6 heteroatoms. The highest BCUT2D eigenvalue weighted by Crippen LogP contribution is 2.34. The van der Waals surface area contributed by atoms with Gasteiger partial charge in [0.25, 0.3) is 0 Å². The van der Waals surface area contributed by atoms with Crippen molar-refractivity contribution in [1.82, 2.24) is 4.90 Å². The molecule has 0 aliphatic carbocycles. The summed E-state index contributed by atoms with van der Waals surface area (Å²) in [6.45, 7) is 2.69. The van der Waals surface area contributed by atoms with Crippen molar-refractivity contribution in [3.63, 3.8) is 0 Å². The van der Waals surface area contributed by atoms with E-state index in [1.807, 2.05) is 6.92 Å². The molecule has 0 saturated carbocycles. The molecule has 2 amide bonds. The van der Waals surface area contributed by atoms with Crippen molar-refractivity contribution in [3.05, 3.63) is 29.6 Å². The van der Waals surface area contributed by atoms with Crippen LogP contribution in [-0.4, -0.2) is 41.5 Å². The van der Waals surface area contributed by atoms with E-state index < -0.39 is 11.7 Å². The van der Waals surface area contributed by atoms with Crippen molar-refractivity contribution in [2.24, 2.45) is 0 Å². The van der Waals surface area contributed by atoms with Gasteiger partial charge in [0.2, 0.25) is 11.8 Å². The Labute approximate surface area is 129 Å². The SMILES string of the molecule is CCCCN(CCO)C(=O)C1CC(=O)Nc2cc(F)ccc21. The minimum atomic E-state index is -0.618. The topological polar surface area (TPSA) is 69.6 Å². The Morgan fingerprint density at radius 2 is 2.23 bits per heavy atom. The van der Waals surface area contributed by atoms with E-state index in [1.165, 1.54) is 12.1 Å². The van der Waals surface area contributed by atoms with Crippen LogP contribution in [0.15, 0.2) is 18.2 Å². The zero-order valence-electron chi connectivity index (χ0n) is 12.6. The average Bonchev–Trinajstić information content (AvgIpc) is 2.49. The molecular formula is C16H21FN2O3. The summed E-state index contributed by atoms with van der Waals surface area (Å²) in [6.07, 6.45) is 1.81. The maximum absolute atomic E-state index is 13.3. The Bertz CT molecular complexity index is 562. The number of hydrogen-bond acceptors (Lipinski definition) is 3. The molecule has 1 aromatic carbocycles. The predicted molar refractivity (Wildman–Crippen MR) is 81.0 cm³/mol. The first-order chi connectivity index (χ1) is 10.6. The molecule has 1 heterocycles. The lowest BCUT2D eigenvalue weighted by molar-refractivity contribution is -0.135. The molecule has 0 spiro atoms. The maximum atomic E-state index is 13.3. The fourth-order valence-corrected chi connectivity index (χ4v) is 2.68. The number of aliphatic hydroxyl groups is 1. The molecule has 0 aromatic heterocycles. The number of nitrogens with zero attached hydrogens (tertiary/aromatic N) is 1. The Kier molecular flexibility index (Phi) is 5.49. The summed E-state index contributed by atoms with van der Waals surface area (Å²) < 4.78 is 13.3. The van der Waals surface area contributed by atoms with Gasteiger partial charge in [-0.25, -0.2) is 4.39 Å². The number of nitrogens with one attached hydrogen (secondary N) is 1. The van der Waals surface area contributed by atoms with Gasteiger partial charge >= 0.3 is 0 Å². The van der Waals surface area contributed by atoms with E-state index in [0.717, 1.165) is 12.8 Å². The molecule has 0 saturated heterocycles. The number of unbranched alkanes of at least 4 members (excludes halogenated alkanes) is 1. The van der Waals surface area contributed by atoms with E-state index in [4.69, 9.17) is 5.11 Å². The first kappa shape index (κ1) is 16.4. The summed E-state index contributed by atoms with van der Waals surface area (Å²) in [7, 11) is 0. The zero-order valence-corrected chi connectivity index (χ0v) is 12.6. The first-order valence-corrected chi connectivity index (χ1v) is 7.55. The fourth-order valence-electron chi connectivity index (χ4n) is 2.68. The van der Waals surface area contributed by atoms with Gasteiger partial charge in [0, 0.05) is 25.2 Å². The van der Waals surface area contributed by atoms with E-state index in [2.05, 4.69) is 5.32 Å². The molecule has 22 heavy (non-hydrogen) atoms. The second-order valence-electron chi connectivity index (χ2n) is 5.44. The third kappa shape index (κ3) is 3.62. The molecule has 2 N–H and O–H groups in total. The second-order valence-corrected chi connectivity index (χ2v) is 5.44. The summed E-state index contributed by atoms with van der Waals surface area (Å²) in [5, 5.41) is 11.7. The van der Waals surface area contributed by atoms with E-state index in [9.17, 15) is 14.0 Å². The number of benzene rings is 1. The molecule has 1 atom stereocenters. The molecule has 1 unspecified atom stereocenters. The molecule has 1 aliphatic rings. The molecule has 2 rings (SSSR count). The summed E-state index contributed by atoms with van der Waals surface area (Å²) in [4.78, 5) is 26.1. The van der Waals surface area contributed by atoms with E-state index in [1.54, 1.807) is 11.0 Å². The number of carbonyl (C=O) groups excluding carboxylic acids is 2. The number of carbonyl (C=O) groups is 2. The lowest BCUT2D eigenvalue weighted by Crippen LogP contribution is -2.40. The molecule has 120 valence electrons. The minimum absolute atomic E-state index is 0.0471. The normalized spacial score (nSPS) is 16.9. The molecule has 1 aromatic rings. The number of halogens is 1. The number of hydrogen-bond donors (Lipinski definition) is 2. The van der Waals surface area contributed by atoms with Crippen LogP contribution < -0.4 is 5.32 Å². The third-order valence-electron chi connectivity index (χ3n) is 3.82. The summed E-state index contributed by atoms with van der Waals surface area (Å²) in [6, 6.07) is 4.07. The number of rotatable bonds is 6. The molecule has 0 radical (unpaired) electrons. The molecule has 0 fully saturated rings. The van der Waals surface area contributed by atoms with Gasteiger partial charge in [-0.15, -0.1) is 0 Å². The number of fused-ring (bicyclic) bond motifs is 1. The standard InChI is InChI=1S/C16H21FN2O3/c1-2-3-6-19(7-8-20)16(22)13-10-15(21)18-14-9-11(17)4-5-12(13)14/h4-5,9,13,20H,2-3,6-8,10H2,1H3,(H,18,21). The van der Waals surface area contributed by atoms with Gasteiger partial charge in [-0.3, -0.25) is 9.59 Å². The smallest absolute Gasteiger partial charge is 0.230 e. The van der Waals surface area contributed by atoms with Crippen molar-refractivity contribution in [1.29, 1.82) is 0 Å². The van der Waals surface area contributed by atoms with Crippen LogP contribution >= 0.6 is 0 Å². The van der Waals surface area contributed by atoms with Crippen LogP contribution in [0.5, 0.6) is 0 Å². The van der Waals surface area contributed by atoms with Crippen molar-refractivity contribution < 1.29 is 19.1 Å². The lowest BCUT2D eigenvalue weighted by atomic mass is 9.89. The van der Waals surface area contributed by atoms with Gasteiger partial charge < -0.3 is 15.3 Å². The summed E-state index contributed by atoms with van der Waals surface area (Å²) in [5.74, 6) is -1.56. The van der Waals surface area contributed by atoms with Crippen LogP contribution in [-0.2, 0) is 9.59 Å². The van der Waals surface area contributed by atoms with E-state index in [0.29, 0.717) is 17.8 Å². The third-order valence-corrected chi connectivity index (χ3v) is 3.82. The summed E-state index contributed by atoms with van der Waals surface area (Å²) in [5.41, 5.74) is 0.986. The Morgan fingerprint density at radius 1 is 1.45 bits per heavy atom. The quantitative estimate of drug-likeness (QED) is 0.843. The fraction of sp³-hybridized carbons (Fsp3) is 0.500. The van der Waals surface area contributed by atoms with Crippen molar-refractivity contribution in [3.8, 4) is 0 Å². The van der Waals surface area contributed by atoms with Crippen LogP contribution in [0.1, 0.15) is 37.7 Å². The monoisotopic (exact) mass is 308 g/mol. The lowest BCUT2D eigenvalue weighted by Gasteiger charge is -2.30. The van der Waals surface area contributed by atoms with Gasteiger partial charge in [0.1, 0.15) is 5.82 Å². The van der Waals surface area contributed by atoms with Gasteiger partial charge in [-0.2, -0.15) is 0 Å². The number of aliphatic hydroxyl groups excluding tert-OH is 1. The van der Waals surface area contributed by atoms with Crippen LogP contribution in [0.25, 0.3) is 0 Å². The molecule has 0 bridgehead atoms. The van der Waals surface area contributed by atoms with E-state index in [-0.39, 0.29) is 31.4 Å². The van der Waals surface area contributed by atoms with E-state index >= 15 is 0 Å². The largest absolute Gasteiger partial charge is 0.395 e. The van der Waals surface area contributed by atoms with Gasteiger partial charge in [-0.05, 0) is 24.1 Å². The van der Waals surface area contributed by atoms with Crippen LogP contribution in [0.2, 0.25) is 0 Å². The van der Waals surface area contributed by atoms with Crippen LogP contribution in [0.3, 0.4) is 0 Å². The Hall–Kier alpha value is -1.95. The minimum Gasteiger partial charge on any atom is -0.395 e. The van der Waals surface area contributed by atoms with Gasteiger partial charge in [0.05, 0.1) is 12.5 Å². The average molecular weight is 308 g/mol. The molecule has 1 aliphatic heterocycles. The highest BCUT2D eigenvalue weighted by Gasteiger charge is 2.33. The molecule has 5 nitrogen and oxygen atoms in total. The first-order valence-electron chi connectivity index (χ1n) is 7.55. The van der Waals surface area contributed by atoms with Gasteiger partial charge in [0.15, 0.2) is 0 Å². The molecular weight excluding hydrogens is 287 g/mol. The number of amides is 2. The Morgan fingerprint density at radius 3 is 2.91 bits per heavy atom. The summed E-state index contributed by atoms with van der Waals surface area (Å²) >= 11 is 0. The highest BCUT2D eigenvalue weighted by atomic mass is 19.1. The Balaban J connectivity index is 2.26. The predicted octanol–water partition coefficient (Wildman–Crippen LogP) is 1.87. The highest BCUT2D eigenvalue weighted by molar-refractivity contribution is 6.01. The van der Waals surface area contributed by atoms with Crippen molar-refractivity contribution in [2.45, 2.75) is 32.1 Å². The second kappa shape index (κ2) is 7.35. The van der Waals surface area contributed by atoms with Crippen molar-refractivity contribution in [2.75, 3.05) is 25.0 Å².